The summed E-state index contributed by atoms with van der Waals surface area (Å²) < 4.78 is 0. The molecular weight excluding hydrogens is 194 g/mol. The van der Waals surface area contributed by atoms with Crippen molar-refractivity contribution in [2.75, 3.05) is 0 Å². The quantitative estimate of drug-likeness (QED) is 0.761. The lowest BCUT2D eigenvalue weighted by atomic mass is 9.82. The normalized spacial score (nSPS) is 14.4. The maximum absolute atomic E-state index is 11.2. The topological polar surface area (TPSA) is 40.9 Å². The lowest BCUT2D eigenvalue weighted by molar-refractivity contribution is -0.123. The summed E-state index contributed by atoms with van der Waals surface area (Å²) in [6, 6.07) is 4.12. The molecule has 0 amide bonds. The molecule has 14 heavy (non-hydrogen) atoms. The fourth-order valence-corrected chi connectivity index (χ4v) is 1.84. The summed E-state index contributed by atoms with van der Waals surface area (Å²) in [4.78, 5) is 11.2. The second-order valence-electron chi connectivity index (χ2n) is 3.63. The van der Waals surface area contributed by atoms with E-state index in [9.17, 15) is 4.79 Å². The number of Topliss-reactive ketones (excluding diaryl/α,β-unsaturated/α-hetero) is 1. The molecule has 3 heteroatoms. The first kappa shape index (κ1) is 10.9. The van der Waals surface area contributed by atoms with Gasteiger partial charge in [0.2, 0.25) is 0 Å². The Kier molecular flexibility index (Phi) is 3.43. The number of carbonyl (C=O) groups is 1. The van der Waals surface area contributed by atoms with Crippen LogP contribution in [-0.4, -0.2) is 5.78 Å². The van der Waals surface area contributed by atoms with E-state index in [4.69, 9.17) is 5.26 Å². The zero-order valence-corrected chi connectivity index (χ0v) is 9.23. The Bertz CT molecular complexity index is 350. The number of hydrogen-bond acceptors (Lipinski definition) is 3. The standard InChI is InChI=1S/C11H13NOS/c1-9(13)11(2,8-12)5-3-10-4-6-14-7-10/h4,6-7H,3,5H2,1-2H3. The molecule has 74 valence electrons. The lowest BCUT2D eigenvalue weighted by Crippen LogP contribution is -2.24. The minimum atomic E-state index is -0.818. The summed E-state index contributed by atoms with van der Waals surface area (Å²) in [5.41, 5.74) is 0.389. The van der Waals surface area contributed by atoms with Gasteiger partial charge in [-0.15, -0.1) is 0 Å². The van der Waals surface area contributed by atoms with Gasteiger partial charge in [-0.05, 0) is 49.1 Å². The van der Waals surface area contributed by atoms with Crippen LogP contribution in [0.2, 0.25) is 0 Å². The van der Waals surface area contributed by atoms with E-state index in [1.165, 1.54) is 12.5 Å². The molecular formula is C11H13NOS. The third kappa shape index (κ3) is 2.43. The second-order valence-corrected chi connectivity index (χ2v) is 4.41. The first-order chi connectivity index (χ1) is 6.58. The molecule has 0 spiro atoms. The zero-order chi connectivity index (χ0) is 10.6. The van der Waals surface area contributed by atoms with E-state index in [-0.39, 0.29) is 5.78 Å². The molecule has 1 unspecified atom stereocenters. The van der Waals surface area contributed by atoms with Crippen molar-refractivity contribution in [2.24, 2.45) is 5.41 Å². The molecule has 0 bridgehead atoms. The van der Waals surface area contributed by atoms with Crippen LogP contribution in [0.5, 0.6) is 0 Å². The van der Waals surface area contributed by atoms with Gasteiger partial charge in [-0.3, -0.25) is 4.79 Å². The van der Waals surface area contributed by atoms with E-state index in [1.54, 1.807) is 18.3 Å². The predicted octanol–water partition coefficient (Wildman–Crippen LogP) is 2.80. The molecule has 0 saturated carbocycles. The summed E-state index contributed by atoms with van der Waals surface area (Å²) in [6.45, 7) is 3.19. The molecule has 1 aromatic rings. The fourth-order valence-electron chi connectivity index (χ4n) is 1.14. The van der Waals surface area contributed by atoms with E-state index in [2.05, 4.69) is 11.4 Å². The molecule has 1 heterocycles. The van der Waals surface area contributed by atoms with Crippen LogP contribution < -0.4 is 0 Å². The van der Waals surface area contributed by atoms with E-state index in [0.717, 1.165) is 6.42 Å². The number of nitriles is 1. The molecule has 0 aliphatic carbocycles. The molecule has 1 aromatic heterocycles. The first-order valence-corrected chi connectivity index (χ1v) is 5.46. The predicted molar refractivity (Wildman–Crippen MR) is 57.0 cm³/mol. The van der Waals surface area contributed by atoms with Crippen molar-refractivity contribution >= 4 is 17.1 Å². The molecule has 0 radical (unpaired) electrons. The summed E-state index contributed by atoms with van der Waals surface area (Å²) in [5, 5.41) is 13.0. The Hall–Kier alpha value is -1.14. The van der Waals surface area contributed by atoms with Crippen molar-refractivity contribution in [3.63, 3.8) is 0 Å². The molecule has 0 saturated heterocycles. The summed E-state index contributed by atoms with van der Waals surface area (Å²) in [6.07, 6.45) is 1.41. The van der Waals surface area contributed by atoms with Gasteiger partial charge in [0.05, 0.1) is 6.07 Å². The number of hydrogen-bond donors (Lipinski definition) is 0. The van der Waals surface area contributed by atoms with Gasteiger partial charge >= 0.3 is 0 Å². The van der Waals surface area contributed by atoms with Crippen LogP contribution in [0.4, 0.5) is 0 Å². The Morgan fingerprint density at radius 3 is 2.86 bits per heavy atom. The molecule has 0 fully saturated rings. The Balaban J connectivity index is 2.60. The largest absolute Gasteiger partial charge is 0.298 e. The van der Waals surface area contributed by atoms with Crippen LogP contribution in [-0.2, 0) is 11.2 Å². The van der Waals surface area contributed by atoms with Crippen LogP contribution in [0.3, 0.4) is 0 Å². The average Bonchev–Trinajstić information content (AvgIpc) is 2.66. The Morgan fingerprint density at radius 1 is 1.71 bits per heavy atom. The monoisotopic (exact) mass is 207 g/mol. The van der Waals surface area contributed by atoms with Gasteiger partial charge in [-0.2, -0.15) is 16.6 Å². The summed E-state index contributed by atoms with van der Waals surface area (Å²) in [5.74, 6) is -0.0461. The molecule has 0 aliphatic heterocycles. The first-order valence-electron chi connectivity index (χ1n) is 4.52. The van der Waals surface area contributed by atoms with Gasteiger partial charge in [0.1, 0.15) is 11.2 Å². The Morgan fingerprint density at radius 2 is 2.43 bits per heavy atom. The van der Waals surface area contributed by atoms with Crippen LogP contribution in [0.1, 0.15) is 25.8 Å². The van der Waals surface area contributed by atoms with Gasteiger partial charge in [0, 0.05) is 0 Å². The molecule has 2 nitrogen and oxygen atoms in total. The SMILES string of the molecule is CC(=O)C(C)(C#N)CCc1ccsc1. The van der Waals surface area contributed by atoms with Crippen LogP contribution >= 0.6 is 11.3 Å². The minimum Gasteiger partial charge on any atom is -0.298 e. The lowest BCUT2D eigenvalue weighted by Gasteiger charge is -2.16. The van der Waals surface area contributed by atoms with Crippen molar-refractivity contribution in [1.82, 2.24) is 0 Å². The van der Waals surface area contributed by atoms with Crippen molar-refractivity contribution in [3.05, 3.63) is 22.4 Å². The van der Waals surface area contributed by atoms with Crippen LogP contribution in [0.15, 0.2) is 16.8 Å². The molecule has 1 rings (SSSR count). The van der Waals surface area contributed by atoms with Gasteiger partial charge in [-0.1, -0.05) is 0 Å². The Labute approximate surface area is 88.2 Å². The average molecular weight is 207 g/mol. The molecule has 0 aromatic carbocycles. The van der Waals surface area contributed by atoms with E-state index >= 15 is 0 Å². The third-order valence-corrected chi connectivity index (χ3v) is 3.25. The highest BCUT2D eigenvalue weighted by atomic mass is 32.1. The molecule has 0 aliphatic rings. The van der Waals surface area contributed by atoms with Crippen LogP contribution in [0, 0.1) is 16.7 Å². The van der Waals surface area contributed by atoms with Gasteiger partial charge in [-0.25, -0.2) is 0 Å². The van der Waals surface area contributed by atoms with Crippen LogP contribution in [0.25, 0.3) is 0 Å². The number of nitrogens with zero attached hydrogens (tertiary/aromatic N) is 1. The van der Waals surface area contributed by atoms with Crippen molar-refractivity contribution in [2.45, 2.75) is 26.7 Å². The number of carbonyl (C=O) groups excluding carboxylic acids is 1. The third-order valence-electron chi connectivity index (χ3n) is 2.52. The van der Waals surface area contributed by atoms with E-state index in [0.29, 0.717) is 6.42 Å². The number of aryl methyl sites for hydroxylation is 1. The second kappa shape index (κ2) is 4.39. The fraction of sp³-hybridized carbons (Fsp3) is 0.455. The zero-order valence-electron chi connectivity index (χ0n) is 8.41. The number of rotatable bonds is 4. The highest BCUT2D eigenvalue weighted by Gasteiger charge is 2.28. The highest BCUT2D eigenvalue weighted by molar-refractivity contribution is 7.07. The van der Waals surface area contributed by atoms with Crippen molar-refractivity contribution in [3.8, 4) is 6.07 Å². The van der Waals surface area contributed by atoms with Gasteiger partial charge in [0.25, 0.3) is 0 Å². The highest BCUT2D eigenvalue weighted by Crippen LogP contribution is 2.24. The molecule has 0 N–H and O–H groups in total. The maximum atomic E-state index is 11.2. The molecule has 1 atom stereocenters. The number of ketones is 1. The van der Waals surface area contributed by atoms with Gasteiger partial charge in [0.15, 0.2) is 0 Å². The minimum absolute atomic E-state index is 0.0461. The van der Waals surface area contributed by atoms with E-state index < -0.39 is 5.41 Å². The summed E-state index contributed by atoms with van der Waals surface area (Å²) in [7, 11) is 0. The van der Waals surface area contributed by atoms with Crippen molar-refractivity contribution in [1.29, 1.82) is 5.26 Å². The van der Waals surface area contributed by atoms with E-state index in [1.807, 2.05) is 11.4 Å². The number of thiophene rings is 1. The smallest absolute Gasteiger partial charge is 0.149 e. The summed E-state index contributed by atoms with van der Waals surface area (Å²) >= 11 is 1.64. The maximum Gasteiger partial charge on any atom is 0.149 e. The van der Waals surface area contributed by atoms with Crippen molar-refractivity contribution < 1.29 is 4.79 Å². The van der Waals surface area contributed by atoms with Gasteiger partial charge < -0.3 is 0 Å².